The van der Waals surface area contributed by atoms with Crippen LogP contribution in [0.3, 0.4) is 0 Å². The van der Waals surface area contributed by atoms with Gasteiger partial charge in [0.25, 0.3) is 0 Å². The molecule has 0 aliphatic rings. The van der Waals surface area contributed by atoms with Gasteiger partial charge >= 0.3 is 0 Å². The first kappa shape index (κ1) is 11.4. The highest BCUT2D eigenvalue weighted by atomic mass is 32.1. The fourth-order valence-corrected chi connectivity index (χ4v) is 2.41. The maximum absolute atomic E-state index is 8.83. The average molecular weight is 236 g/mol. The van der Waals surface area contributed by atoms with E-state index in [4.69, 9.17) is 5.11 Å². The van der Waals surface area contributed by atoms with Gasteiger partial charge in [0.1, 0.15) is 5.82 Å². The van der Waals surface area contributed by atoms with E-state index in [1.165, 1.54) is 10.1 Å². The van der Waals surface area contributed by atoms with Crippen LogP contribution in [0.15, 0.2) is 23.7 Å². The molecule has 0 aromatic carbocycles. The second-order valence-electron chi connectivity index (χ2n) is 3.99. The second-order valence-corrected chi connectivity index (χ2v) is 4.94. The van der Waals surface area contributed by atoms with E-state index in [0.717, 1.165) is 18.8 Å². The predicted octanol–water partition coefficient (Wildman–Crippen LogP) is 2.73. The summed E-state index contributed by atoms with van der Waals surface area (Å²) in [6.45, 7) is 3.22. The van der Waals surface area contributed by atoms with E-state index in [1.807, 2.05) is 12.3 Å². The summed E-state index contributed by atoms with van der Waals surface area (Å²) in [5, 5.41) is 15.4. The van der Waals surface area contributed by atoms with Gasteiger partial charge < -0.3 is 10.4 Å². The molecule has 0 bridgehead atoms. The third-order valence-corrected chi connectivity index (χ3v) is 3.50. The number of pyridine rings is 1. The van der Waals surface area contributed by atoms with Crippen LogP contribution >= 0.6 is 11.3 Å². The fraction of sp³-hybridized carbons (Fsp3) is 0.417. The van der Waals surface area contributed by atoms with Crippen molar-refractivity contribution in [1.29, 1.82) is 0 Å². The molecule has 2 N–H and O–H groups in total. The molecule has 1 unspecified atom stereocenters. The molecule has 0 radical (unpaired) electrons. The normalized spacial score (nSPS) is 12.9. The molecule has 2 aromatic heterocycles. The number of anilines is 1. The quantitative estimate of drug-likeness (QED) is 0.839. The number of aromatic nitrogens is 1. The van der Waals surface area contributed by atoms with Crippen molar-refractivity contribution in [2.45, 2.75) is 13.3 Å². The standard InChI is InChI=1S/C12H16N2OS/c1-9(3-6-15)8-14-12-10-4-7-16-11(10)2-5-13-12/h2,4-5,7,9,15H,3,6,8H2,1H3,(H,13,14). The van der Waals surface area contributed by atoms with Crippen LogP contribution in [-0.2, 0) is 0 Å². The maximum atomic E-state index is 8.83. The highest BCUT2D eigenvalue weighted by Crippen LogP contribution is 2.25. The van der Waals surface area contributed by atoms with Crippen molar-refractivity contribution in [3.8, 4) is 0 Å². The summed E-state index contributed by atoms with van der Waals surface area (Å²) in [6, 6.07) is 4.12. The van der Waals surface area contributed by atoms with E-state index in [1.54, 1.807) is 11.3 Å². The Kier molecular flexibility index (Phi) is 3.74. The molecule has 0 saturated carbocycles. The number of fused-ring (bicyclic) bond motifs is 1. The molecule has 0 spiro atoms. The predicted molar refractivity (Wildman–Crippen MR) is 69.0 cm³/mol. The summed E-state index contributed by atoms with van der Waals surface area (Å²) in [5.74, 6) is 1.41. The lowest BCUT2D eigenvalue weighted by molar-refractivity contribution is 0.266. The lowest BCUT2D eigenvalue weighted by atomic mass is 10.1. The molecular formula is C12H16N2OS. The number of aliphatic hydroxyl groups excluding tert-OH is 1. The van der Waals surface area contributed by atoms with Gasteiger partial charge in [-0.2, -0.15) is 0 Å². The number of nitrogens with zero attached hydrogens (tertiary/aromatic N) is 1. The molecule has 0 amide bonds. The molecule has 0 aliphatic carbocycles. The first-order valence-corrected chi connectivity index (χ1v) is 6.36. The molecule has 1 atom stereocenters. The molecule has 0 fully saturated rings. The Morgan fingerprint density at radius 1 is 1.50 bits per heavy atom. The van der Waals surface area contributed by atoms with Crippen LogP contribution in [0, 0.1) is 5.92 Å². The van der Waals surface area contributed by atoms with Crippen molar-refractivity contribution < 1.29 is 5.11 Å². The molecule has 16 heavy (non-hydrogen) atoms. The number of rotatable bonds is 5. The molecule has 2 aromatic rings. The zero-order chi connectivity index (χ0) is 11.4. The van der Waals surface area contributed by atoms with Crippen molar-refractivity contribution in [3.05, 3.63) is 23.7 Å². The first-order valence-electron chi connectivity index (χ1n) is 5.48. The zero-order valence-corrected chi connectivity index (χ0v) is 10.1. The number of hydrogen-bond acceptors (Lipinski definition) is 4. The highest BCUT2D eigenvalue weighted by Gasteiger charge is 2.05. The summed E-state index contributed by atoms with van der Waals surface area (Å²) >= 11 is 1.73. The van der Waals surface area contributed by atoms with Gasteiger partial charge in [0.2, 0.25) is 0 Å². The average Bonchev–Trinajstić information content (AvgIpc) is 2.75. The molecule has 2 rings (SSSR count). The number of aliphatic hydroxyl groups is 1. The van der Waals surface area contributed by atoms with E-state index in [9.17, 15) is 0 Å². The van der Waals surface area contributed by atoms with Crippen molar-refractivity contribution in [2.24, 2.45) is 5.92 Å². The molecule has 2 heterocycles. The van der Waals surface area contributed by atoms with Crippen molar-refractivity contribution in [3.63, 3.8) is 0 Å². The van der Waals surface area contributed by atoms with Crippen LogP contribution in [-0.4, -0.2) is 23.2 Å². The monoisotopic (exact) mass is 236 g/mol. The third kappa shape index (κ3) is 2.51. The van der Waals surface area contributed by atoms with Crippen LogP contribution < -0.4 is 5.32 Å². The van der Waals surface area contributed by atoms with Crippen LogP contribution in [0.2, 0.25) is 0 Å². The lowest BCUT2D eigenvalue weighted by Gasteiger charge is -2.12. The van der Waals surface area contributed by atoms with Gasteiger partial charge in [-0.15, -0.1) is 11.3 Å². The molecule has 3 nitrogen and oxygen atoms in total. The minimum atomic E-state index is 0.249. The molecule has 0 aliphatic heterocycles. The molecule has 4 heteroatoms. The minimum absolute atomic E-state index is 0.249. The van der Waals surface area contributed by atoms with Crippen molar-refractivity contribution >= 4 is 27.2 Å². The summed E-state index contributed by atoms with van der Waals surface area (Å²) in [4.78, 5) is 4.34. The van der Waals surface area contributed by atoms with Gasteiger partial charge in [0.15, 0.2) is 0 Å². The molecule has 0 saturated heterocycles. The van der Waals surface area contributed by atoms with E-state index in [-0.39, 0.29) is 6.61 Å². The molecular weight excluding hydrogens is 220 g/mol. The van der Waals surface area contributed by atoms with Crippen LogP contribution in [0.5, 0.6) is 0 Å². The summed E-state index contributed by atoms with van der Waals surface area (Å²) < 4.78 is 1.26. The summed E-state index contributed by atoms with van der Waals surface area (Å²) in [7, 11) is 0. The van der Waals surface area contributed by atoms with Gasteiger partial charge in [-0.1, -0.05) is 6.92 Å². The Hall–Kier alpha value is -1.13. The summed E-state index contributed by atoms with van der Waals surface area (Å²) in [5.41, 5.74) is 0. The fourth-order valence-electron chi connectivity index (χ4n) is 1.63. The van der Waals surface area contributed by atoms with Gasteiger partial charge in [-0.3, -0.25) is 0 Å². The van der Waals surface area contributed by atoms with Crippen molar-refractivity contribution in [2.75, 3.05) is 18.5 Å². The van der Waals surface area contributed by atoms with E-state index in [2.05, 4.69) is 28.7 Å². The maximum Gasteiger partial charge on any atom is 0.134 e. The van der Waals surface area contributed by atoms with Crippen molar-refractivity contribution in [1.82, 2.24) is 4.98 Å². The highest BCUT2D eigenvalue weighted by molar-refractivity contribution is 7.17. The Morgan fingerprint density at radius 3 is 3.19 bits per heavy atom. The van der Waals surface area contributed by atoms with E-state index >= 15 is 0 Å². The number of hydrogen-bond donors (Lipinski definition) is 2. The second kappa shape index (κ2) is 5.27. The number of nitrogens with one attached hydrogen (secondary N) is 1. The van der Waals surface area contributed by atoms with Gasteiger partial charge in [0.05, 0.1) is 0 Å². The Balaban J connectivity index is 2.06. The van der Waals surface area contributed by atoms with Crippen LogP contribution in [0.25, 0.3) is 10.1 Å². The first-order chi connectivity index (χ1) is 7.81. The van der Waals surface area contributed by atoms with Crippen LogP contribution in [0.1, 0.15) is 13.3 Å². The Bertz CT molecular complexity index is 455. The van der Waals surface area contributed by atoms with Gasteiger partial charge in [-0.25, -0.2) is 4.98 Å². The van der Waals surface area contributed by atoms with Gasteiger partial charge in [0, 0.05) is 29.4 Å². The lowest BCUT2D eigenvalue weighted by Crippen LogP contribution is -2.13. The molecule has 86 valence electrons. The zero-order valence-electron chi connectivity index (χ0n) is 9.31. The van der Waals surface area contributed by atoms with Crippen LogP contribution in [0.4, 0.5) is 5.82 Å². The topological polar surface area (TPSA) is 45.1 Å². The van der Waals surface area contributed by atoms with E-state index in [0.29, 0.717) is 5.92 Å². The third-order valence-electron chi connectivity index (χ3n) is 2.62. The Morgan fingerprint density at radius 2 is 2.38 bits per heavy atom. The largest absolute Gasteiger partial charge is 0.396 e. The van der Waals surface area contributed by atoms with E-state index < -0.39 is 0 Å². The number of thiophene rings is 1. The van der Waals surface area contributed by atoms with Gasteiger partial charge in [-0.05, 0) is 29.9 Å². The minimum Gasteiger partial charge on any atom is -0.396 e. The smallest absolute Gasteiger partial charge is 0.134 e. The summed E-state index contributed by atoms with van der Waals surface area (Å²) in [6.07, 6.45) is 2.66. The Labute approximate surface area is 99.1 Å². The SMILES string of the molecule is CC(CCO)CNc1nccc2sccc12.